The summed E-state index contributed by atoms with van der Waals surface area (Å²) in [4.78, 5) is 21.9. The first kappa shape index (κ1) is 24.0. The Bertz CT molecular complexity index is 966. The van der Waals surface area contributed by atoms with E-state index in [0.717, 1.165) is 5.56 Å². The maximum Gasteiger partial charge on any atom is 0.412 e. The first-order chi connectivity index (χ1) is 16.0. The van der Waals surface area contributed by atoms with E-state index in [1.54, 1.807) is 23.2 Å². The van der Waals surface area contributed by atoms with Gasteiger partial charge in [0.1, 0.15) is 5.82 Å². The highest BCUT2D eigenvalue weighted by molar-refractivity contribution is 6.47. The number of oxime groups is 1. The number of ether oxygens (including phenoxy) is 2. The van der Waals surface area contributed by atoms with Crippen molar-refractivity contribution < 1.29 is 19.1 Å². The zero-order valence-corrected chi connectivity index (χ0v) is 18.9. The van der Waals surface area contributed by atoms with E-state index in [0.29, 0.717) is 36.1 Å². The predicted octanol–water partition coefficient (Wildman–Crippen LogP) is 2.63. The lowest BCUT2D eigenvalue weighted by atomic mass is 10.1. The van der Waals surface area contributed by atoms with Crippen LogP contribution in [0.3, 0.4) is 0 Å². The Kier molecular flexibility index (Phi) is 8.98. The lowest BCUT2D eigenvalue weighted by Crippen LogP contribution is -2.40. The summed E-state index contributed by atoms with van der Waals surface area (Å²) in [6, 6.07) is 14.8. The predicted molar refractivity (Wildman–Crippen MR) is 124 cm³/mol. The van der Waals surface area contributed by atoms with Crippen molar-refractivity contribution in [3.8, 4) is 0 Å². The van der Waals surface area contributed by atoms with Gasteiger partial charge in [0, 0.05) is 19.0 Å². The number of amides is 1. The molecule has 0 atom stereocenters. The summed E-state index contributed by atoms with van der Waals surface area (Å²) in [7, 11) is 1.81. The number of rotatable bonds is 11. The van der Waals surface area contributed by atoms with E-state index in [2.05, 4.69) is 31.6 Å². The molecule has 3 rings (SSSR count). The average Bonchev–Trinajstić information content (AvgIpc) is 3.22. The molecule has 0 spiro atoms. The van der Waals surface area contributed by atoms with Crippen molar-refractivity contribution in [2.24, 2.45) is 10.3 Å². The molecule has 176 valence electrons. The Labute approximate surface area is 192 Å². The topological polar surface area (TPSA) is 122 Å². The number of hydrazone groups is 1. The molecule has 1 amide bonds. The van der Waals surface area contributed by atoms with Crippen molar-refractivity contribution in [1.29, 1.82) is 0 Å². The van der Waals surface area contributed by atoms with Crippen LogP contribution in [0.15, 0.2) is 58.8 Å². The Morgan fingerprint density at radius 1 is 1.15 bits per heavy atom. The van der Waals surface area contributed by atoms with Gasteiger partial charge < -0.3 is 14.3 Å². The average molecular weight is 456 g/mol. The monoisotopic (exact) mass is 455 g/mol. The molecule has 0 unspecified atom stereocenters. The number of likely N-dealkylation sites (N-methyl/N-ethyl adjacent to an activating group) is 1. The minimum Gasteiger partial charge on any atom is -0.449 e. The molecule has 0 saturated heterocycles. The highest BCUT2D eigenvalue weighted by atomic mass is 16.6. The number of benzene rings is 1. The molecule has 1 aromatic carbocycles. The van der Waals surface area contributed by atoms with Crippen molar-refractivity contribution in [1.82, 2.24) is 21.1 Å². The van der Waals surface area contributed by atoms with Crippen LogP contribution in [0.2, 0.25) is 0 Å². The minimum atomic E-state index is -0.572. The molecular formula is C22H29N7O4. The van der Waals surface area contributed by atoms with Gasteiger partial charge >= 0.3 is 6.09 Å². The summed E-state index contributed by atoms with van der Waals surface area (Å²) in [6.45, 7) is 4.82. The van der Waals surface area contributed by atoms with E-state index >= 15 is 0 Å². The Hall–Kier alpha value is -3.70. The molecule has 0 saturated carbocycles. The zero-order valence-electron chi connectivity index (χ0n) is 18.9. The Morgan fingerprint density at radius 2 is 1.97 bits per heavy atom. The lowest BCUT2D eigenvalue weighted by molar-refractivity contribution is 0.0642. The van der Waals surface area contributed by atoms with Gasteiger partial charge in [0.25, 0.3) is 0 Å². The van der Waals surface area contributed by atoms with E-state index < -0.39 is 6.09 Å². The zero-order chi connectivity index (χ0) is 23.5. The molecule has 2 heterocycles. The fraction of sp³-hybridized carbons (Fsp3) is 0.364. The van der Waals surface area contributed by atoms with E-state index in [9.17, 15) is 4.79 Å². The second-order valence-electron chi connectivity index (χ2n) is 7.35. The van der Waals surface area contributed by atoms with Crippen LogP contribution in [0, 0.1) is 0 Å². The van der Waals surface area contributed by atoms with Crippen molar-refractivity contribution in [2.45, 2.75) is 33.0 Å². The van der Waals surface area contributed by atoms with Gasteiger partial charge in [-0.3, -0.25) is 10.3 Å². The molecule has 1 aliphatic heterocycles. The quantitative estimate of drug-likeness (QED) is 0.269. The number of pyridine rings is 1. The standard InChI is InChI=1S/C22H29N7O4/c1-16(2)31-13-8-14-32-22(30)24-19-12-7-11-18(23-19)15-33-26-20(17-9-5-4-6-10-17)21-25-27-28-29(21)3/h4-7,9-12,16,27-28H,8,13-15H2,1-3H3,(H,23,24,30)/b26-20-. The van der Waals surface area contributed by atoms with E-state index in [1.165, 1.54) is 0 Å². The highest BCUT2D eigenvalue weighted by Crippen LogP contribution is 2.10. The Balaban J connectivity index is 1.55. The van der Waals surface area contributed by atoms with Crippen LogP contribution in [0.1, 0.15) is 31.5 Å². The number of nitrogens with one attached hydrogen (secondary N) is 3. The number of hydrogen-bond donors (Lipinski definition) is 3. The largest absolute Gasteiger partial charge is 0.449 e. The molecule has 2 aromatic rings. The molecule has 11 heteroatoms. The maximum atomic E-state index is 12.0. The van der Waals surface area contributed by atoms with Crippen molar-refractivity contribution in [3.05, 3.63) is 59.8 Å². The minimum absolute atomic E-state index is 0.102. The van der Waals surface area contributed by atoms with Crippen LogP contribution in [0.25, 0.3) is 0 Å². The molecule has 0 bridgehead atoms. The number of hydrazine groups is 2. The molecule has 0 fully saturated rings. The van der Waals surface area contributed by atoms with E-state index in [1.807, 2.05) is 51.2 Å². The summed E-state index contributed by atoms with van der Waals surface area (Å²) in [6.07, 6.45) is 0.207. The molecule has 3 N–H and O–H groups in total. The van der Waals surface area contributed by atoms with E-state index in [4.69, 9.17) is 14.3 Å². The normalized spacial score (nSPS) is 13.5. The van der Waals surface area contributed by atoms with Gasteiger partial charge in [-0.15, -0.1) is 10.6 Å². The second-order valence-corrected chi connectivity index (χ2v) is 7.35. The van der Waals surface area contributed by atoms with E-state index in [-0.39, 0.29) is 19.3 Å². The first-order valence-corrected chi connectivity index (χ1v) is 10.6. The smallest absolute Gasteiger partial charge is 0.412 e. The molecule has 11 nitrogen and oxygen atoms in total. The van der Waals surface area contributed by atoms with Gasteiger partial charge in [0.15, 0.2) is 18.2 Å². The van der Waals surface area contributed by atoms with Crippen LogP contribution in [-0.4, -0.2) is 54.0 Å². The summed E-state index contributed by atoms with van der Waals surface area (Å²) >= 11 is 0. The van der Waals surface area contributed by atoms with Gasteiger partial charge in [-0.25, -0.2) is 15.3 Å². The van der Waals surface area contributed by atoms with Crippen LogP contribution >= 0.6 is 0 Å². The van der Waals surface area contributed by atoms with Gasteiger partial charge in [0.2, 0.25) is 0 Å². The third kappa shape index (κ3) is 7.74. The lowest BCUT2D eigenvalue weighted by Gasteiger charge is -2.14. The summed E-state index contributed by atoms with van der Waals surface area (Å²) in [5.74, 6) is 0.936. The number of carbonyl (C=O) groups is 1. The number of carbonyl (C=O) groups excluding carboxylic acids is 1. The fourth-order valence-electron chi connectivity index (χ4n) is 2.79. The van der Waals surface area contributed by atoms with Crippen LogP contribution in [0.5, 0.6) is 0 Å². The van der Waals surface area contributed by atoms with Gasteiger partial charge in [-0.05, 0) is 26.0 Å². The number of amidine groups is 1. The van der Waals surface area contributed by atoms with Crippen LogP contribution < -0.4 is 16.4 Å². The number of aromatic nitrogens is 1. The van der Waals surface area contributed by atoms with Crippen LogP contribution in [0.4, 0.5) is 10.6 Å². The third-order valence-electron chi connectivity index (χ3n) is 4.33. The summed E-state index contributed by atoms with van der Waals surface area (Å²) in [5, 5.41) is 12.8. The highest BCUT2D eigenvalue weighted by Gasteiger charge is 2.21. The van der Waals surface area contributed by atoms with Crippen molar-refractivity contribution >= 4 is 23.5 Å². The van der Waals surface area contributed by atoms with Crippen molar-refractivity contribution in [2.75, 3.05) is 25.6 Å². The maximum absolute atomic E-state index is 12.0. The molecule has 0 radical (unpaired) electrons. The van der Waals surface area contributed by atoms with Crippen LogP contribution in [-0.2, 0) is 20.9 Å². The molecule has 0 aliphatic carbocycles. The van der Waals surface area contributed by atoms with Gasteiger partial charge in [0.05, 0.1) is 25.0 Å². The third-order valence-corrected chi connectivity index (χ3v) is 4.33. The second kappa shape index (κ2) is 12.4. The fourth-order valence-corrected chi connectivity index (χ4v) is 2.79. The molecule has 1 aromatic heterocycles. The number of hydrogen-bond acceptors (Lipinski definition) is 10. The first-order valence-electron chi connectivity index (χ1n) is 10.6. The van der Waals surface area contributed by atoms with Crippen molar-refractivity contribution in [3.63, 3.8) is 0 Å². The molecule has 1 aliphatic rings. The Morgan fingerprint density at radius 3 is 2.70 bits per heavy atom. The SMILES string of the molecule is CC(C)OCCCOC(=O)Nc1cccc(CO/N=C(\C2=NNNN2C)c2ccccc2)n1. The van der Waals surface area contributed by atoms with Gasteiger partial charge in [-0.1, -0.05) is 41.6 Å². The summed E-state index contributed by atoms with van der Waals surface area (Å²) < 4.78 is 10.6. The van der Waals surface area contributed by atoms with Gasteiger partial charge in [-0.2, -0.15) is 0 Å². The molecular weight excluding hydrogens is 426 g/mol. The summed E-state index contributed by atoms with van der Waals surface area (Å²) in [5.41, 5.74) is 7.53. The number of anilines is 1. The number of nitrogens with zero attached hydrogens (tertiary/aromatic N) is 4. The molecule has 33 heavy (non-hydrogen) atoms.